The number of thioether (sulfide) groups is 1. The van der Waals surface area contributed by atoms with E-state index in [1.165, 1.54) is 23.7 Å². The third-order valence-corrected chi connectivity index (χ3v) is 7.53. The molecule has 0 fully saturated rings. The number of aromatic nitrogens is 2. The van der Waals surface area contributed by atoms with E-state index in [0.717, 1.165) is 20.8 Å². The molecule has 2 atom stereocenters. The number of amides is 2. The van der Waals surface area contributed by atoms with E-state index in [2.05, 4.69) is 10.6 Å². The smallest absolute Gasteiger partial charge is 0.332 e. The van der Waals surface area contributed by atoms with Crippen LogP contribution < -0.4 is 21.9 Å². The minimum atomic E-state index is -1.03. The molecule has 10 heteroatoms. The van der Waals surface area contributed by atoms with Crippen molar-refractivity contribution in [3.05, 3.63) is 91.9 Å². The van der Waals surface area contributed by atoms with E-state index >= 15 is 0 Å². The number of fused-ring (bicyclic) bond motifs is 2. The van der Waals surface area contributed by atoms with Gasteiger partial charge in [-0.15, -0.1) is 11.8 Å². The first-order chi connectivity index (χ1) is 16.8. The van der Waals surface area contributed by atoms with Crippen LogP contribution in [0.2, 0.25) is 0 Å². The number of hydrogen-bond donors (Lipinski definition) is 2. The summed E-state index contributed by atoms with van der Waals surface area (Å²) < 4.78 is 16.1. The van der Waals surface area contributed by atoms with Gasteiger partial charge >= 0.3 is 5.69 Å². The Morgan fingerprint density at radius 2 is 1.94 bits per heavy atom. The fraction of sp³-hybridized carbons (Fsp3) is 0.280. The molecule has 5 rings (SSSR count). The van der Waals surface area contributed by atoms with E-state index in [0.29, 0.717) is 12.0 Å². The lowest BCUT2D eigenvalue weighted by Gasteiger charge is -2.26. The van der Waals surface area contributed by atoms with Crippen molar-refractivity contribution in [2.24, 2.45) is 7.05 Å². The number of carbonyl (C=O) groups is 2. The zero-order valence-electron chi connectivity index (χ0n) is 18.9. The molecule has 0 aliphatic carbocycles. The highest BCUT2D eigenvalue weighted by atomic mass is 32.2. The Morgan fingerprint density at radius 3 is 2.71 bits per heavy atom. The molecule has 0 saturated heterocycles. The Bertz CT molecular complexity index is 1450. The average Bonchev–Trinajstić information content (AvgIpc) is 3.17. The topological polar surface area (TPSA) is 102 Å². The summed E-state index contributed by atoms with van der Waals surface area (Å²) in [4.78, 5) is 52.6. The summed E-state index contributed by atoms with van der Waals surface area (Å²) in [6, 6.07) is 13.3. The van der Waals surface area contributed by atoms with Gasteiger partial charge in [0, 0.05) is 24.1 Å². The van der Waals surface area contributed by atoms with Crippen molar-refractivity contribution in [1.82, 2.24) is 14.5 Å². The minimum Gasteiger partial charge on any atom is -0.349 e. The molecule has 2 aromatic carbocycles. The summed E-state index contributed by atoms with van der Waals surface area (Å²) in [5.74, 6) is -1.45. The highest BCUT2D eigenvalue weighted by molar-refractivity contribution is 7.99. The van der Waals surface area contributed by atoms with E-state index < -0.39 is 29.0 Å². The number of nitrogens with one attached hydrogen (secondary N) is 2. The maximum atomic E-state index is 13.8. The summed E-state index contributed by atoms with van der Waals surface area (Å²) in [7, 11) is 1.36. The molecule has 180 valence electrons. The summed E-state index contributed by atoms with van der Waals surface area (Å²) in [5.41, 5.74) is 0.479. The molecular weight excluding hydrogens is 471 g/mol. The summed E-state index contributed by atoms with van der Waals surface area (Å²) >= 11 is 1.60. The predicted octanol–water partition coefficient (Wildman–Crippen LogP) is 2.51. The van der Waals surface area contributed by atoms with Gasteiger partial charge in [0.05, 0.1) is 24.1 Å². The van der Waals surface area contributed by atoms with Crippen LogP contribution in [0.1, 0.15) is 41.5 Å². The number of rotatable bonds is 5. The molecule has 2 amide bonds. The number of halogens is 1. The molecule has 2 aliphatic heterocycles. The van der Waals surface area contributed by atoms with Crippen LogP contribution >= 0.6 is 11.8 Å². The van der Waals surface area contributed by atoms with Crippen LogP contribution in [0.5, 0.6) is 0 Å². The number of carbonyl (C=O) groups excluding carboxylic acids is 2. The highest BCUT2D eigenvalue weighted by Gasteiger charge is 2.38. The van der Waals surface area contributed by atoms with Crippen molar-refractivity contribution < 1.29 is 14.0 Å². The average molecular weight is 495 g/mol. The van der Waals surface area contributed by atoms with Gasteiger partial charge in [-0.1, -0.05) is 30.3 Å². The Hall–Kier alpha value is -3.66. The first-order valence-corrected chi connectivity index (χ1v) is 12.2. The Labute approximate surface area is 204 Å². The zero-order valence-corrected chi connectivity index (χ0v) is 19.7. The molecular formula is C25H23FN4O4S. The fourth-order valence-corrected chi connectivity index (χ4v) is 5.74. The first-order valence-electron chi connectivity index (χ1n) is 11.2. The summed E-state index contributed by atoms with van der Waals surface area (Å²) in [5, 5.41) is 5.56. The Balaban J connectivity index is 1.43. The standard InChI is InChI=1S/C25H23FN4O4S/c1-29-24(33)21-17(12-20(31)27-18-9-10-35-19-8-7-15(26)11-16(18)19)23(32)28-22(21)30(25(29)34)13-14-5-3-2-4-6-14/h2-8,11,17-18H,9-10,12-13H2,1H3,(H,27,31)(H,28,32)/t17-,18-/m0/s1. The van der Waals surface area contributed by atoms with Crippen molar-refractivity contribution in [2.75, 3.05) is 11.1 Å². The van der Waals surface area contributed by atoms with Crippen LogP contribution in [0.3, 0.4) is 0 Å². The lowest BCUT2D eigenvalue weighted by Crippen LogP contribution is -2.40. The summed E-state index contributed by atoms with van der Waals surface area (Å²) in [6.45, 7) is 0.164. The third kappa shape index (κ3) is 4.29. The molecule has 35 heavy (non-hydrogen) atoms. The zero-order chi connectivity index (χ0) is 24.7. The van der Waals surface area contributed by atoms with E-state index in [1.807, 2.05) is 30.3 Å². The van der Waals surface area contributed by atoms with Crippen molar-refractivity contribution in [3.63, 3.8) is 0 Å². The Kier molecular flexibility index (Phi) is 6.06. The van der Waals surface area contributed by atoms with Gasteiger partial charge < -0.3 is 10.6 Å². The minimum absolute atomic E-state index is 0.105. The second-order valence-electron chi connectivity index (χ2n) is 8.67. The van der Waals surface area contributed by atoms with Crippen LogP contribution in [0, 0.1) is 5.82 Å². The maximum Gasteiger partial charge on any atom is 0.332 e. The Morgan fingerprint density at radius 1 is 1.17 bits per heavy atom. The van der Waals surface area contributed by atoms with Crippen molar-refractivity contribution >= 4 is 29.4 Å². The molecule has 3 aromatic rings. The molecule has 0 radical (unpaired) electrons. The largest absolute Gasteiger partial charge is 0.349 e. The van der Waals surface area contributed by atoms with Gasteiger partial charge in [0.25, 0.3) is 5.56 Å². The quantitative estimate of drug-likeness (QED) is 0.568. The van der Waals surface area contributed by atoms with Gasteiger partial charge in [-0.25, -0.2) is 9.18 Å². The predicted molar refractivity (Wildman–Crippen MR) is 130 cm³/mol. The van der Waals surface area contributed by atoms with Gasteiger partial charge in [0.2, 0.25) is 11.8 Å². The van der Waals surface area contributed by atoms with Crippen LogP contribution in [-0.2, 0) is 23.2 Å². The molecule has 0 bridgehead atoms. The van der Waals surface area contributed by atoms with Gasteiger partial charge in [-0.05, 0) is 35.7 Å². The molecule has 0 saturated carbocycles. The number of anilines is 1. The van der Waals surface area contributed by atoms with Gasteiger partial charge in [-0.2, -0.15) is 0 Å². The van der Waals surface area contributed by atoms with Gasteiger partial charge in [0.1, 0.15) is 11.6 Å². The molecule has 2 aliphatic rings. The lowest BCUT2D eigenvalue weighted by atomic mass is 9.97. The number of nitrogens with zero attached hydrogens (tertiary/aromatic N) is 2. The molecule has 3 heterocycles. The van der Waals surface area contributed by atoms with Crippen LogP contribution in [0.15, 0.2) is 63.0 Å². The number of benzene rings is 2. The van der Waals surface area contributed by atoms with Gasteiger partial charge in [0.15, 0.2) is 0 Å². The maximum absolute atomic E-state index is 13.8. The second kappa shape index (κ2) is 9.18. The first kappa shape index (κ1) is 23.1. The fourth-order valence-electron chi connectivity index (χ4n) is 4.64. The summed E-state index contributed by atoms with van der Waals surface area (Å²) in [6.07, 6.45) is 0.366. The molecule has 1 aromatic heterocycles. The molecule has 0 unspecified atom stereocenters. The molecule has 8 nitrogen and oxygen atoms in total. The van der Waals surface area contributed by atoms with E-state index in [-0.39, 0.29) is 36.2 Å². The van der Waals surface area contributed by atoms with Crippen molar-refractivity contribution in [2.45, 2.75) is 36.2 Å². The SMILES string of the molecule is Cn1c(=O)c2c(n(Cc3ccccc3)c1=O)NC(=O)[C@H]2CC(=O)N[C@H]1CCSc2ccc(F)cc21. The third-order valence-electron chi connectivity index (χ3n) is 6.40. The van der Waals surface area contributed by atoms with Gasteiger partial charge in [-0.3, -0.25) is 23.5 Å². The second-order valence-corrected chi connectivity index (χ2v) is 9.80. The lowest BCUT2D eigenvalue weighted by molar-refractivity contribution is -0.125. The van der Waals surface area contributed by atoms with Crippen molar-refractivity contribution in [1.29, 1.82) is 0 Å². The molecule has 0 spiro atoms. The van der Waals surface area contributed by atoms with E-state index in [1.54, 1.807) is 17.8 Å². The van der Waals surface area contributed by atoms with Crippen LogP contribution in [0.4, 0.5) is 10.2 Å². The van der Waals surface area contributed by atoms with E-state index in [9.17, 15) is 23.6 Å². The molecule has 2 N–H and O–H groups in total. The van der Waals surface area contributed by atoms with E-state index in [4.69, 9.17) is 0 Å². The normalized spacial score (nSPS) is 18.5. The number of hydrogen-bond acceptors (Lipinski definition) is 5. The van der Waals surface area contributed by atoms with Crippen molar-refractivity contribution in [3.8, 4) is 0 Å². The monoisotopic (exact) mass is 494 g/mol. The van der Waals surface area contributed by atoms with Crippen LogP contribution in [0.25, 0.3) is 0 Å². The highest BCUT2D eigenvalue weighted by Crippen LogP contribution is 2.37. The van der Waals surface area contributed by atoms with Crippen LogP contribution in [-0.4, -0.2) is 26.7 Å².